The Bertz CT molecular complexity index is 1490. The summed E-state index contributed by atoms with van der Waals surface area (Å²) in [5.74, 6) is 1.25. The molecule has 0 saturated carbocycles. The Kier molecular flexibility index (Phi) is 9.74. The molecule has 0 aliphatic carbocycles. The van der Waals surface area contributed by atoms with Gasteiger partial charge in [0, 0.05) is 21.8 Å². The highest BCUT2D eigenvalue weighted by Gasteiger charge is 2.09. The van der Waals surface area contributed by atoms with Crippen molar-refractivity contribution in [3.63, 3.8) is 0 Å². The SMILES string of the molecule is COc1ccc(CC(=O)Nc2ccc(C(=O)N/N=C\c3ccc(OCc4ccccc4Cl)c(OC)c3)cc2)cc1. The molecule has 0 saturated heterocycles. The number of carbonyl (C=O) groups excluding carboxylic acids is 2. The monoisotopic (exact) mass is 557 g/mol. The van der Waals surface area contributed by atoms with E-state index in [1.807, 2.05) is 48.5 Å². The Morgan fingerprint density at radius 2 is 1.62 bits per heavy atom. The van der Waals surface area contributed by atoms with Gasteiger partial charge in [-0.15, -0.1) is 0 Å². The number of ether oxygens (including phenoxy) is 3. The number of nitrogens with zero attached hydrogens (tertiary/aromatic N) is 1. The molecule has 2 amide bonds. The number of methoxy groups -OCH3 is 2. The summed E-state index contributed by atoms with van der Waals surface area (Å²) in [6, 6.07) is 26.6. The number of nitrogens with one attached hydrogen (secondary N) is 2. The second-order valence-corrected chi connectivity index (χ2v) is 9.05. The first-order valence-electron chi connectivity index (χ1n) is 12.4. The summed E-state index contributed by atoms with van der Waals surface area (Å²) in [7, 11) is 3.14. The van der Waals surface area contributed by atoms with Gasteiger partial charge in [0.1, 0.15) is 12.4 Å². The van der Waals surface area contributed by atoms with Crippen LogP contribution in [0.2, 0.25) is 5.02 Å². The van der Waals surface area contributed by atoms with Crippen LogP contribution in [0.1, 0.15) is 27.0 Å². The van der Waals surface area contributed by atoms with Crippen molar-refractivity contribution in [2.75, 3.05) is 19.5 Å². The lowest BCUT2D eigenvalue weighted by molar-refractivity contribution is -0.115. The van der Waals surface area contributed by atoms with E-state index in [0.717, 1.165) is 16.9 Å². The van der Waals surface area contributed by atoms with E-state index in [0.29, 0.717) is 39.9 Å². The van der Waals surface area contributed by atoms with Gasteiger partial charge in [0.15, 0.2) is 11.5 Å². The van der Waals surface area contributed by atoms with Crippen LogP contribution in [0.15, 0.2) is 96.1 Å². The molecule has 4 rings (SSSR count). The van der Waals surface area contributed by atoms with E-state index in [9.17, 15) is 9.59 Å². The largest absolute Gasteiger partial charge is 0.497 e. The predicted molar refractivity (Wildman–Crippen MR) is 156 cm³/mol. The van der Waals surface area contributed by atoms with E-state index >= 15 is 0 Å². The number of carbonyl (C=O) groups is 2. The molecule has 0 aliphatic heterocycles. The predicted octanol–water partition coefficient (Wildman–Crippen LogP) is 5.88. The molecular weight excluding hydrogens is 530 g/mol. The van der Waals surface area contributed by atoms with E-state index in [1.54, 1.807) is 56.7 Å². The van der Waals surface area contributed by atoms with Crippen LogP contribution < -0.4 is 25.0 Å². The van der Waals surface area contributed by atoms with Crippen LogP contribution in [0.5, 0.6) is 17.2 Å². The van der Waals surface area contributed by atoms with Crippen molar-refractivity contribution in [2.24, 2.45) is 5.10 Å². The molecule has 4 aromatic carbocycles. The fourth-order valence-electron chi connectivity index (χ4n) is 3.72. The maximum absolute atomic E-state index is 12.5. The minimum absolute atomic E-state index is 0.164. The molecule has 40 heavy (non-hydrogen) atoms. The van der Waals surface area contributed by atoms with Crippen LogP contribution in [0.4, 0.5) is 5.69 Å². The van der Waals surface area contributed by atoms with Crippen LogP contribution in [0, 0.1) is 0 Å². The first-order valence-corrected chi connectivity index (χ1v) is 12.7. The van der Waals surface area contributed by atoms with Gasteiger partial charge in [-0.05, 0) is 71.8 Å². The highest BCUT2D eigenvalue weighted by atomic mass is 35.5. The minimum atomic E-state index is -0.390. The molecule has 0 unspecified atom stereocenters. The van der Waals surface area contributed by atoms with Gasteiger partial charge in [-0.1, -0.05) is 41.9 Å². The van der Waals surface area contributed by atoms with Gasteiger partial charge in [0.05, 0.1) is 26.9 Å². The Labute approximate surface area is 237 Å². The van der Waals surface area contributed by atoms with Gasteiger partial charge in [-0.25, -0.2) is 5.43 Å². The van der Waals surface area contributed by atoms with E-state index in [1.165, 1.54) is 6.21 Å². The lowest BCUT2D eigenvalue weighted by Gasteiger charge is -2.12. The van der Waals surface area contributed by atoms with Crippen LogP contribution in [-0.2, 0) is 17.8 Å². The quantitative estimate of drug-likeness (QED) is 0.177. The molecule has 0 fully saturated rings. The second-order valence-electron chi connectivity index (χ2n) is 8.64. The Morgan fingerprint density at radius 1 is 0.875 bits per heavy atom. The zero-order chi connectivity index (χ0) is 28.3. The normalized spacial score (nSPS) is 10.7. The maximum Gasteiger partial charge on any atom is 0.271 e. The molecule has 0 aliphatic rings. The third kappa shape index (κ3) is 7.85. The van der Waals surface area contributed by atoms with Gasteiger partial charge in [0.2, 0.25) is 5.91 Å². The van der Waals surface area contributed by atoms with Crippen LogP contribution in [0.25, 0.3) is 0 Å². The molecule has 2 N–H and O–H groups in total. The summed E-state index contributed by atoms with van der Waals surface area (Å²) in [4.78, 5) is 24.9. The maximum atomic E-state index is 12.5. The van der Waals surface area contributed by atoms with E-state index in [4.69, 9.17) is 25.8 Å². The van der Waals surface area contributed by atoms with Crippen molar-refractivity contribution in [2.45, 2.75) is 13.0 Å². The van der Waals surface area contributed by atoms with E-state index < -0.39 is 0 Å². The number of hydrogen-bond donors (Lipinski definition) is 2. The summed E-state index contributed by atoms with van der Waals surface area (Å²) >= 11 is 6.20. The third-order valence-corrected chi connectivity index (χ3v) is 6.23. The molecule has 0 aromatic heterocycles. The number of rotatable bonds is 11. The minimum Gasteiger partial charge on any atom is -0.497 e. The molecule has 0 atom stereocenters. The van der Waals surface area contributed by atoms with Crippen molar-refractivity contribution in [1.82, 2.24) is 5.43 Å². The fraction of sp³-hybridized carbons (Fsp3) is 0.129. The van der Waals surface area contributed by atoms with Crippen LogP contribution >= 0.6 is 11.6 Å². The molecule has 0 heterocycles. The van der Waals surface area contributed by atoms with Crippen LogP contribution in [0.3, 0.4) is 0 Å². The molecule has 4 aromatic rings. The average Bonchev–Trinajstić information content (AvgIpc) is 2.97. The van der Waals surface area contributed by atoms with Crippen LogP contribution in [-0.4, -0.2) is 32.2 Å². The Hall–Kier alpha value is -4.82. The molecule has 0 spiro atoms. The standard InChI is InChI=1S/C31H28ClN3O5/c1-38-26-14-7-21(8-15-26)18-30(36)34-25-12-10-23(11-13-25)31(37)35-33-19-22-9-16-28(29(17-22)39-2)40-20-24-5-3-4-6-27(24)32/h3-17,19H,18,20H2,1-2H3,(H,34,36)(H,35,37)/b33-19-. The number of halogens is 1. The van der Waals surface area contributed by atoms with Gasteiger partial charge in [0.25, 0.3) is 5.91 Å². The number of anilines is 1. The molecule has 9 heteroatoms. The summed E-state index contributed by atoms with van der Waals surface area (Å²) in [6.07, 6.45) is 1.73. The average molecular weight is 558 g/mol. The first-order chi connectivity index (χ1) is 19.4. The smallest absolute Gasteiger partial charge is 0.271 e. The zero-order valence-electron chi connectivity index (χ0n) is 22.0. The molecular formula is C31H28ClN3O5. The van der Waals surface area contributed by atoms with E-state index in [2.05, 4.69) is 15.8 Å². The van der Waals surface area contributed by atoms with Gasteiger partial charge < -0.3 is 19.5 Å². The fourth-order valence-corrected chi connectivity index (χ4v) is 3.91. The lowest BCUT2D eigenvalue weighted by atomic mass is 10.1. The van der Waals surface area contributed by atoms with Crippen molar-refractivity contribution in [3.8, 4) is 17.2 Å². The van der Waals surface area contributed by atoms with Crippen molar-refractivity contribution >= 4 is 35.3 Å². The first kappa shape index (κ1) is 28.2. The number of amides is 2. The van der Waals surface area contributed by atoms with E-state index in [-0.39, 0.29) is 18.2 Å². The Balaban J connectivity index is 1.28. The molecule has 8 nitrogen and oxygen atoms in total. The van der Waals surface area contributed by atoms with Gasteiger partial charge in [-0.3, -0.25) is 9.59 Å². The summed E-state index contributed by atoms with van der Waals surface area (Å²) in [5.41, 5.74) is 5.92. The summed E-state index contributed by atoms with van der Waals surface area (Å²) in [5, 5.41) is 7.50. The zero-order valence-corrected chi connectivity index (χ0v) is 22.8. The second kappa shape index (κ2) is 13.8. The molecule has 204 valence electrons. The van der Waals surface area contributed by atoms with Crippen molar-refractivity contribution in [1.29, 1.82) is 0 Å². The topological polar surface area (TPSA) is 98.2 Å². The number of benzene rings is 4. The highest BCUT2D eigenvalue weighted by molar-refractivity contribution is 6.31. The van der Waals surface area contributed by atoms with Gasteiger partial charge in [-0.2, -0.15) is 5.10 Å². The van der Waals surface area contributed by atoms with Crippen molar-refractivity contribution < 1.29 is 23.8 Å². The Morgan fingerprint density at radius 3 is 2.33 bits per heavy atom. The van der Waals surface area contributed by atoms with Gasteiger partial charge >= 0.3 is 0 Å². The highest BCUT2D eigenvalue weighted by Crippen LogP contribution is 2.29. The number of hydrogen-bond acceptors (Lipinski definition) is 6. The van der Waals surface area contributed by atoms with Crippen molar-refractivity contribution in [3.05, 3.63) is 118 Å². The molecule has 0 radical (unpaired) electrons. The lowest BCUT2D eigenvalue weighted by Crippen LogP contribution is -2.18. The molecule has 0 bridgehead atoms. The summed E-state index contributed by atoms with van der Waals surface area (Å²) < 4.78 is 16.4. The third-order valence-electron chi connectivity index (χ3n) is 5.86. The summed E-state index contributed by atoms with van der Waals surface area (Å²) in [6.45, 7) is 0.296. The number of hydrazone groups is 1.